The van der Waals surface area contributed by atoms with E-state index in [1.807, 2.05) is 13.0 Å². The van der Waals surface area contributed by atoms with Gasteiger partial charge in [-0.2, -0.15) is 5.26 Å². The van der Waals surface area contributed by atoms with E-state index in [2.05, 4.69) is 31.3 Å². The number of carbonyl (C=O) groups is 1. The third-order valence-electron chi connectivity index (χ3n) is 3.12. The van der Waals surface area contributed by atoms with Crippen molar-refractivity contribution in [3.05, 3.63) is 28.8 Å². The summed E-state index contributed by atoms with van der Waals surface area (Å²) >= 11 is 0. The molecule has 0 saturated heterocycles. The third kappa shape index (κ3) is 4.27. The molecular weight excluding hydrogens is 252 g/mol. The summed E-state index contributed by atoms with van der Waals surface area (Å²) < 4.78 is 5.03. The molecule has 1 atom stereocenters. The van der Waals surface area contributed by atoms with Crippen molar-refractivity contribution in [2.24, 2.45) is 0 Å². The number of hydrogen-bond acceptors (Lipinski definition) is 4. The largest absolute Gasteiger partial charge is 0.463 e. The second-order valence-corrected chi connectivity index (χ2v) is 4.91. The van der Waals surface area contributed by atoms with E-state index in [1.54, 1.807) is 6.92 Å². The Balaban J connectivity index is 2.77. The zero-order chi connectivity index (χ0) is 15.1. The molecule has 0 saturated carbocycles. The van der Waals surface area contributed by atoms with E-state index in [1.165, 1.54) is 11.1 Å². The number of ether oxygens (including phenoxy) is 1. The summed E-state index contributed by atoms with van der Waals surface area (Å²) in [6.45, 7) is 8.11. The quantitative estimate of drug-likeness (QED) is 0.639. The van der Waals surface area contributed by atoms with Crippen LogP contribution in [0.15, 0.2) is 12.1 Å². The van der Waals surface area contributed by atoms with Crippen LogP contribution < -0.4 is 5.32 Å². The first kappa shape index (κ1) is 16.0. The Morgan fingerprint density at radius 1 is 1.45 bits per heavy atom. The highest BCUT2D eigenvalue weighted by Gasteiger charge is 2.16. The van der Waals surface area contributed by atoms with Crippen molar-refractivity contribution in [3.63, 3.8) is 0 Å². The fraction of sp³-hybridized carbons (Fsp3) is 0.500. The molecule has 0 fully saturated rings. The molecule has 20 heavy (non-hydrogen) atoms. The van der Waals surface area contributed by atoms with Crippen LogP contribution in [-0.2, 0) is 16.0 Å². The van der Waals surface area contributed by atoms with Crippen LogP contribution in [0.4, 0.5) is 5.69 Å². The molecule has 1 aromatic rings. The molecule has 0 bridgehead atoms. The number of nitrogens with zero attached hydrogens (tertiary/aromatic N) is 1. The van der Waals surface area contributed by atoms with Crippen molar-refractivity contribution in [2.75, 3.05) is 11.9 Å². The molecule has 1 N–H and O–H groups in total. The number of anilines is 1. The molecule has 1 aromatic carbocycles. The average Bonchev–Trinajstić information content (AvgIpc) is 2.41. The number of benzene rings is 1. The number of esters is 1. The molecule has 108 valence electrons. The van der Waals surface area contributed by atoms with Crippen molar-refractivity contribution in [1.82, 2.24) is 0 Å². The first-order chi connectivity index (χ1) is 9.49. The maximum absolute atomic E-state index is 11.8. The molecule has 1 rings (SSSR count). The van der Waals surface area contributed by atoms with Gasteiger partial charge in [0.25, 0.3) is 0 Å². The van der Waals surface area contributed by atoms with Gasteiger partial charge >= 0.3 is 5.97 Å². The standard InChI is InChI=1S/C16H22N2O2/c1-5-14-10-11(2)9-12(3)15(14)18-13(4)16(19)20-8-6-7-17/h9-10,13,18H,5-6,8H2,1-4H3/t13-/m0/s1. The molecule has 0 aliphatic rings. The third-order valence-corrected chi connectivity index (χ3v) is 3.12. The maximum atomic E-state index is 11.8. The molecule has 0 heterocycles. The number of aryl methyl sites for hydroxylation is 3. The van der Waals surface area contributed by atoms with Gasteiger partial charge in [-0.3, -0.25) is 0 Å². The van der Waals surface area contributed by atoms with Crippen LogP contribution in [-0.4, -0.2) is 18.6 Å². The highest BCUT2D eigenvalue weighted by atomic mass is 16.5. The van der Waals surface area contributed by atoms with E-state index in [0.717, 1.165) is 17.7 Å². The second kappa shape index (κ2) is 7.54. The molecule has 0 amide bonds. The van der Waals surface area contributed by atoms with Gasteiger partial charge in [-0.15, -0.1) is 0 Å². The molecule has 0 radical (unpaired) electrons. The van der Waals surface area contributed by atoms with Gasteiger partial charge in [0.05, 0.1) is 12.5 Å². The second-order valence-electron chi connectivity index (χ2n) is 4.91. The normalized spacial score (nSPS) is 11.6. The van der Waals surface area contributed by atoms with Crippen LogP contribution in [0.1, 0.15) is 37.0 Å². The molecule has 0 aliphatic carbocycles. The zero-order valence-corrected chi connectivity index (χ0v) is 12.6. The monoisotopic (exact) mass is 274 g/mol. The molecule has 4 nitrogen and oxygen atoms in total. The van der Waals surface area contributed by atoms with Gasteiger partial charge < -0.3 is 10.1 Å². The van der Waals surface area contributed by atoms with E-state index in [0.29, 0.717) is 0 Å². The van der Waals surface area contributed by atoms with Crippen molar-refractivity contribution >= 4 is 11.7 Å². The first-order valence-corrected chi connectivity index (χ1v) is 6.89. The first-order valence-electron chi connectivity index (χ1n) is 6.89. The van der Waals surface area contributed by atoms with Gasteiger partial charge in [-0.1, -0.05) is 24.6 Å². The Kier molecular flexibility index (Phi) is 6.05. The van der Waals surface area contributed by atoms with Gasteiger partial charge in [0.1, 0.15) is 12.6 Å². The molecule has 0 unspecified atom stereocenters. The number of carbonyl (C=O) groups excluding carboxylic acids is 1. The molecular formula is C16H22N2O2. The van der Waals surface area contributed by atoms with E-state index < -0.39 is 6.04 Å². The lowest BCUT2D eigenvalue weighted by atomic mass is 10.0. The lowest BCUT2D eigenvalue weighted by molar-refractivity contribution is -0.143. The van der Waals surface area contributed by atoms with Gasteiger partial charge in [0, 0.05) is 5.69 Å². The zero-order valence-electron chi connectivity index (χ0n) is 12.6. The summed E-state index contributed by atoms with van der Waals surface area (Å²) in [7, 11) is 0. The number of nitriles is 1. The summed E-state index contributed by atoms with van der Waals surface area (Å²) in [5.74, 6) is -0.331. The number of rotatable bonds is 6. The molecule has 0 aromatic heterocycles. The summed E-state index contributed by atoms with van der Waals surface area (Å²) in [6, 6.07) is 5.74. The predicted octanol–water partition coefficient (Wildman–Crippen LogP) is 3.12. The Morgan fingerprint density at radius 2 is 2.15 bits per heavy atom. The van der Waals surface area contributed by atoms with E-state index >= 15 is 0 Å². The minimum Gasteiger partial charge on any atom is -0.463 e. The maximum Gasteiger partial charge on any atom is 0.328 e. The minimum atomic E-state index is -0.430. The Bertz CT molecular complexity index is 518. The smallest absolute Gasteiger partial charge is 0.328 e. The summed E-state index contributed by atoms with van der Waals surface area (Å²) in [4.78, 5) is 11.8. The average molecular weight is 274 g/mol. The highest BCUT2D eigenvalue weighted by molar-refractivity contribution is 5.79. The Hall–Kier alpha value is -2.02. The SMILES string of the molecule is CCc1cc(C)cc(C)c1N[C@@H](C)C(=O)OCCC#N. The number of hydrogen-bond donors (Lipinski definition) is 1. The summed E-state index contributed by atoms with van der Waals surface area (Å²) in [6.07, 6.45) is 1.13. The van der Waals surface area contributed by atoms with Crippen LogP contribution in [0.5, 0.6) is 0 Å². The minimum absolute atomic E-state index is 0.148. The van der Waals surface area contributed by atoms with Crippen molar-refractivity contribution in [3.8, 4) is 6.07 Å². The fourth-order valence-corrected chi connectivity index (χ4v) is 2.14. The summed E-state index contributed by atoms with van der Waals surface area (Å²) in [5.41, 5.74) is 4.54. The fourth-order valence-electron chi connectivity index (χ4n) is 2.14. The van der Waals surface area contributed by atoms with Gasteiger partial charge in [0.2, 0.25) is 0 Å². The van der Waals surface area contributed by atoms with E-state index in [4.69, 9.17) is 10.00 Å². The van der Waals surface area contributed by atoms with Gasteiger partial charge in [-0.05, 0) is 38.3 Å². The van der Waals surface area contributed by atoms with Crippen LogP contribution in [0, 0.1) is 25.2 Å². The Labute approximate surface area is 120 Å². The van der Waals surface area contributed by atoms with Crippen LogP contribution >= 0.6 is 0 Å². The van der Waals surface area contributed by atoms with Crippen LogP contribution in [0.2, 0.25) is 0 Å². The predicted molar refractivity (Wildman–Crippen MR) is 79.6 cm³/mol. The molecule has 0 aliphatic heterocycles. The van der Waals surface area contributed by atoms with E-state index in [-0.39, 0.29) is 19.0 Å². The molecule has 4 heteroatoms. The number of nitrogens with one attached hydrogen (secondary N) is 1. The van der Waals surface area contributed by atoms with Crippen molar-refractivity contribution in [1.29, 1.82) is 5.26 Å². The molecule has 0 spiro atoms. The topological polar surface area (TPSA) is 62.1 Å². The van der Waals surface area contributed by atoms with Crippen molar-refractivity contribution in [2.45, 2.75) is 46.6 Å². The van der Waals surface area contributed by atoms with Crippen LogP contribution in [0.25, 0.3) is 0 Å². The lowest BCUT2D eigenvalue weighted by Gasteiger charge is -2.19. The Morgan fingerprint density at radius 3 is 2.75 bits per heavy atom. The van der Waals surface area contributed by atoms with E-state index in [9.17, 15) is 4.79 Å². The van der Waals surface area contributed by atoms with Gasteiger partial charge in [0.15, 0.2) is 0 Å². The van der Waals surface area contributed by atoms with Crippen molar-refractivity contribution < 1.29 is 9.53 Å². The van der Waals surface area contributed by atoms with Crippen LogP contribution in [0.3, 0.4) is 0 Å². The van der Waals surface area contributed by atoms with Gasteiger partial charge in [-0.25, -0.2) is 4.79 Å². The highest BCUT2D eigenvalue weighted by Crippen LogP contribution is 2.24. The lowest BCUT2D eigenvalue weighted by Crippen LogP contribution is -2.29. The summed E-state index contributed by atoms with van der Waals surface area (Å²) in [5, 5.41) is 11.7.